The van der Waals surface area contributed by atoms with Crippen molar-refractivity contribution < 1.29 is 13.2 Å². The molecule has 0 aliphatic carbocycles. The average molecular weight is 412 g/mol. The van der Waals surface area contributed by atoms with Crippen LogP contribution in [0.15, 0.2) is 76.7 Å². The maximum absolute atomic E-state index is 13.2. The highest BCUT2D eigenvalue weighted by molar-refractivity contribution is 5.73. The third-order valence-corrected chi connectivity index (χ3v) is 4.67. The summed E-state index contributed by atoms with van der Waals surface area (Å²) >= 11 is 0. The van der Waals surface area contributed by atoms with Crippen LogP contribution in [0.4, 0.5) is 13.2 Å². The minimum atomic E-state index is -4.50. The number of rotatable bonds is 4. The molecular weight excluding hydrogens is 397 g/mol. The van der Waals surface area contributed by atoms with E-state index in [1.165, 1.54) is 22.9 Å². The van der Waals surface area contributed by atoms with Crippen LogP contribution in [0.1, 0.15) is 16.7 Å². The summed E-state index contributed by atoms with van der Waals surface area (Å²) in [6.45, 7) is -0.142. The van der Waals surface area contributed by atoms with Gasteiger partial charge in [0, 0.05) is 18.6 Å². The molecule has 0 bridgehead atoms. The molecule has 9 heteroatoms. The van der Waals surface area contributed by atoms with Crippen LogP contribution in [0.2, 0.25) is 0 Å². The van der Waals surface area contributed by atoms with E-state index < -0.39 is 23.0 Å². The van der Waals surface area contributed by atoms with E-state index in [2.05, 4.69) is 9.97 Å². The molecule has 3 heterocycles. The summed E-state index contributed by atoms with van der Waals surface area (Å²) < 4.78 is 41.5. The SMILES string of the molecule is O=c1c2ncccc2n(Cc2cccc(C(F)(F)F)c2)c(=O)n1Cc1ccncc1. The molecular formula is C21H15F3N4O2. The first-order valence-electron chi connectivity index (χ1n) is 8.98. The Bertz CT molecular complexity index is 1330. The molecule has 0 aliphatic heterocycles. The van der Waals surface area contributed by atoms with E-state index in [4.69, 9.17) is 0 Å². The van der Waals surface area contributed by atoms with Crippen LogP contribution < -0.4 is 11.2 Å². The van der Waals surface area contributed by atoms with Crippen molar-refractivity contribution in [1.82, 2.24) is 19.1 Å². The van der Waals surface area contributed by atoms with Gasteiger partial charge in [-0.25, -0.2) is 9.78 Å². The van der Waals surface area contributed by atoms with Crippen molar-refractivity contribution in [3.63, 3.8) is 0 Å². The maximum atomic E-state index is 13.2. The summed E-state index contributed by atoms with van der Waals surface area (Å²) in [6.07, 6.45) is 0.0198. The van der Waals surface area contributed by atoms with Crippen molar-refractivity contribution in [1.29, 1.82) is 0 Å². The van der Waals surface area contributed by atoms with Gasteiger partial charge in [-0.05, 0) is 47.5 Å². The molecule has 3 aromatic heterocycles. The zero-order valence-electron chi connectivity index (χ0n) is 15.5. The summed E-state index contributed by atoms with van der Waals surface area (Å²) in [7, 11) is 0. The van der Waals surface area contributed by atoms with Crippen LogP contribution in [0.25, 0.3) is 11.0 Å². The normalized spacial score (nSPS) is 11.7. The first-order chi connectivity index (χ1) is 14.3. The Morgan fingerprint density at radius 2 is 1.57 bits per heavy atom. The number of hydrogen-bond acceptors (Lipinski definition) is 4. The number of fused-ring (bicyclic) bond motifs is 1. The number of aromatic nitrogens is 4. The van der Waals surface area contributed by atoms with Crippen LogP contribution in [0, 0.1) is 0 Å². The van der Waals surface area contributed by atoms with Crippen molar-refractivity contribution in [2.75, 3.05) is 0 Å². The fourth-order valence-corrected chi connectivity index (χ4v) is 3.23. The second-order valence-electron chi connectivity index (χ2n) is 6.68. The van der Waals surface area contributed by atoms with E-state index >= 15 is 0 Å². The highest BCUT2D eigenvalue weighted by Gasteiger charge is 2.30. The van der Waals surface area contributed by atoms with Crippen molar-refractivity contribution in [2.24, 2.45) is 0 Å². The van der Waals surface area contributed by atoms with Crippen molar-refractivity contribution in [3.05, 3.63) is 105 Å². The second kappa shape index (κ2) is 7.58. The average Bonchev–Trinajstić information content (AvgIpc) is 2.74. The fourth-order valence-electron chi connectivity index (χ4n) is 3.23. The van der Waals surface area contributed by atoms with Crippen LogP contribution in [-0.2, 0) is 19.3 Å². The molecule has 0 radical (unpaired) electrons. The number of benzene rings is 1. The Morgan fingerprint density at radius 3 is 2.30 bits per heavy atom. The highest BCUT2D eigenvalue weighted by Crippen LogP contribution is 2.29. The molecule has 0 aliphatic rings. The van der Waals surface area contributed by atoms with Crippen LogP contribution >= 0.6 is 0 Å². The molecule has 0 fully saturated rings. The molecule has 0 N–H and O–H groups in total. The maximum Gasteiger partial charge on any atom is 0.416 e. The highest BCUT2D eigenvalue weighted by atomic mass is 19.4. The largest absolute Gasteiger partial charge is 0.416 e. The van der Waals surface area contributed by atoms with Gasteiger partial charge in [-0.2, -0.15) is 13.2 Å². The molecule has 0 unspecified atom stereocenters. The lowest BCUT2D eigenvalue weighted by atomic mass is 10.1. The van der Waals surface area contributed by atoms with E-state index in [1.807, 2.05) is 0 Å². The number of pyridine rings is 2. The first kappa shape index (κ1) is 19.6. The van der Waals surface area contributed by atoms with Gasteiger partial charge in [-0.15, -0.1) is 0 Å². The van der Waals surface area contributed by atoms with Crippen LogP contribution in [-0.4, -0.2) is 19.1 Å². The molecule has 4 aromatic rings. The molecule has 0 amide bonds. The minimum Gasteiger partial charge on any atom is -0.287 e. The Hall–Kier alpha value is -3.75. The Balaban J connectivity index is 1.87. The number of hydrogen-bond donors (Lipinski definition) is 0. The quantitative estimate of drug-likeness (QED) is 0.517. The van der Waals surface area contributed by atoms with Gasteiger partial charge in [-0.3, -0.25) is 18.9 Å². The Kier molecular flexibility index (Phi) is 4.94. The topological polar surface area (TPSA) is 69.8 Å². The molecule has 0 spiro atoms. The summed E-state index contributed by atoms with van der Waals surface area (Å²) in [4.78, 5) is 34.0. The summed E-state index contributed by atoms with van der Waals surface area (Å²) in [5.74, 6) is 0. The lowest BCUT2D eigenvalue weighted by Gasteiger charge is -2.15. The number of halogens is 3. The smallest absolute Gasteiger partial charge is 0.287 e. The summed E-state index contributed by atoms with van der Waals surface area (Å²) in [5.41, 5.74) is -0.701. The van der Waals surface area contributed by atoms with E-state index in [9.17, 15) is 22.8 Å². The molecule has 4 rings (SSSR count). The monoisotopic (exact) mass is 412 g/mol. The lowest BCUT2D eigenvalue weighted by molar-refractivity contribution is -0.137. The summed E-state index contributed by atoms with van der Waals surface area (Å²) in [5, 5.41) is 0. The van der Waals surface area contributed by atoms with Crippen LogP contribution in [0.3, 0.4) is 0 Å². The Morgan fingerprint density at radius 1 is 0.833 bits per heavy atom. The van der Waals surface area contributed by atoms with Crippen LogP contribution in [0.5, 0.6) is 0 Å². The summed E-state index contributed by atoms with van der Waals surface area (Å²) in [6, 6.07) is 11.2. The van der Waals surface area contributed by atoms with Crippen molar-refractivity contribution >= 4 is 11.0 Å². The zero-order valence-corrected chi connectivity index (χ0v) is 15.5. The van der Waals surface area contributed by atoms with Gasteiger partial charge < -0.3 is 0 Å². The van der Waals surface area contributed by atoms with Gasteiger partial charge in [-0.1, -0.05) is 12.1 Å². The van der Waals surface area contributed by atoms with Gasteiger partial charge in [0.2, 0.25) is 0 Å². The molecule has 152 valence electrons. The zero-order chi connectivity index (χ0) is 21.3. The number of alkyl halides is 3. The second-order valence-corrected chi connectivity index (χ2v) is 6.68. The van der Waals surface area contributed by atoms with Gasteiger partial charge in [0.15, 0.2) is 5.52 Å². The molecule has 0 saturated carbocycles. The van der Waals surface area contributed by atoms with Gasteiger partial charge in [0.25, 0.3) is 5.56 Å². The van der Waals surface area contributed by atoms with E-state index in [0.717, 1.165) is 16.7 Å². The van der Waals surface area contributed by atoms with Gasteiger partial charge >= 0.3 is 11.9 Å². The predicted molar refractivity (Wildman–Crippen MR) is 104 cm³/mol. The third-order valence-electron chi connectivity index (χ3n) is 4.67. The third kappa shape index (κ3) is 3.73. The molecule has 0 saturated heterocycles. The molecule has 0 atom stereocenters. The van der Waals surface area contributed by atoms with E-state index in [-0.39, 0.29) is 29.7 Å². The van der Waals surface area contributed by atoms with Gasteiger partial charge in [0.1, 0.15) is 0 Å². The minimum absolute atomic E-state index is 0.00467. The molecule has 30 heavy (non-hydrogen) atoms. The van der Waals surface area contributed by atoms with E-state index in [0.29, 0.717) is 5.56 Å². The van der Waals surface area contributed by atoms with E-state index in [1.54, 1.807) is 36.7 Å². The first-order valence-corrected chi connectivity index (χ1v) is 8.98. The van der Waals surface area contributed by atoms with Gasteiger partial charge in [0.05, 0.1) is 24.2 Å². The van der Waals surface area contributed by atoms with Crippen molar-refractivity contribution in [2.45, 2.75) is 19.3 Å². The van der Waals surface area contributed by atoms with Crippen molar-refractivity contribution in [3.8, 4) is 0 Å². The lowest BCUT2D eigenvalue weighted by Crippen LogP contribution is -2.40. The standard InChI is InChI=1S/C21H15F3N4O2/c22-21(23,24)16-4-1-3-15(11-16)13-27-17-5-2-8-26-18(17)19(29)28(20(27)30)12-14-6-9-25-10-7-14/h1-11H,12-13H2. The molecule has 1 aromatic carbocycles. The fraction of sp³-hybridized carbons (Fsp3) is 0.143. The Labute approximate surface area is 167 Å². The number of nitrogens with zero attached hydrogens (tertiary/aromatic N) is 4. The predicted octanol–water partition coefficient (Wildman–Crippen LogP) is 3.07. The molecule has 6 nitrogen and oxygen atoms in total.